The molecule has 1 aromatic heterocycles. The molecule has 84 valence electrons. The lowest BCUT2D eigenvalue weighted by atomic mass is 10.1. The highest BCUT2D eigenvalue weighted by atomic mass is 32.1. The van der Waals surface area contributed by atoms with Gasteiger partial charge in [-0.25, -0.2) is 0 Å². The first-order valence-corrected chi connectivity index (χ1v) is 6.24. The smallest absolute Gasteiger partial charge is 0.135 e. The Balaban J connectivity index is 1.73. The standard InChI is InChI=1S/C10H17N3OS/c1-11-10-9(12-13-15-10)7-14-6-8-4-2-3-5-8/h8,11H,2-7H2,1H3. The summed E-state index contributed by atoms with van der Waals surface area (Å²) in [5, 5.41) is 8.11. The van der Waals surface area contributed by atoms with Crippen LogP contribution >= 0.6 is 11.5 Å². The van der Waals surface area contributed by atoms with Gasteiger partial charge in [0, 0.05) is 25.2 Å². The summed E-state index contributed by atoms with van der Waals surface area (Å²) in [7, 11) is 1.88. The molecule has 1 aromatic rings. The van der Waals surface area contributed by atoms with E-state index in [0.29, 0.717) is 6.61 Å². The maximum atomic E-state index is 5.67. The summed E-state index contributed by atoms with van der Waals surface area (Å²) in [6.07, 6.45) is 5.39. The third kappa shape index (κ3) is 2.89. The lowest BCUT2D eigenvalue weighted by Crippen LogP contribution is -2.06. The second-order valence-corrected chi connectivity index (χ2v) is 4.72. The fourth-order valence-corrected chi connectivity index (χ4v) is 2.51. The molecule has 0 amide bonds. The van der Waals surface area contributed by atoms with E-state index in [1.54, 1.807) is 0 Å². The van der Waals surface area contributed by atoms with Gasteiger partial charge in [0.2, 0.25) is 0 Å². The molecule has 1 aliphatic rings. The van der Waals surface area contributed by atoms with Crippen LogP contribution in [0.2, 0.25) is 0 Å². The van der Waals surface area contributed by atoms with Gasteiger partial charge in [-0.3, -0.25) is 0 Å². The second-order valence-electron chi connectivity index (χ2n) is 3.96. The van der Waals surface area contributed by atoms with Crippen LogP contribution in [0.15, 0.2) is 0 Å². The Labute approximate surface area is 94.2 Å². The third-order valence-corrected chi connectivity index (χ3v) is 3.64. The first-order valence-electron chi connectivity index (χ1n) is 5.47. The van der Waals surface area contributed by atoms with Crippen LogP contribution in [0, 0.1) is 5.92 Å². The van der Waals surface area contributed by atoms with E-state index in [0.717, 1.165) is 23.2 Å². The highest BCUT2D eigenvalue weighted by Crippen LogP contribution is 2.25. The molecule has 5 heteroatoms. The van der Waals surface area contributed by atoms with E-state index in [1.165, 1.54) is 37.2 Å². The van der Waals surface area contributed by atoms with Crippen molar-refractivity contribution in [3.63, 3.8) is 0 Å². The number of ether oxygens (including phenoxy) is 1. The zero-order chi connectivity index (χ0) is 10.5. The predicted octanol–water partition coefficient (Wildman–Crippen LogP) is 2.29. The molecule has 1 N–H and O–H groups in total. The molecule has 1 saturated carbocycles. The van der Waals surface area contributed by atoms with Crippen LogP contribution < -0.4 is 5.32 Å². The van der Waals surface area contributed by atoms with Gasteiger partial charge in [-0.15, -0.1) is 5.10 Å². The van der Waals surface area contributed by atoms with Gasteiger partial charge in [0.15, 0.2) is 0 Å². The number of anilines is 1. The summed E-state index contributed by atoms with van der Waals surface area (Å²) in [4.78, 5) is 0. The quantitative estimate of drug-likeness (QED) is 0.838. The largest absolute Gasteiger partial charge is 0.377 e. The fourth-order valence-electron chi connectivity index (χ4n) is 1.99. The predicted molar refractivity (Wildman–Crippen MR) is 61.1 cm³/mol. The molecule has 0 unspecified atom stereocenters. The highest BCUT2D eigenvalue weighted by molar-refractivity contribution is 7.10. The summed E-state index contributed by atoms with van der Waals surface area (Å²) in [6, 6.07) is 0. The zero-order valence-corrected chi connectivity index (χ0v) is 9.85. The van der Waals surface area contributed by atoms with E-state index in [1.807, 2.05) is 7.05 Å². The van der Waals surface area contributed by atoms with Crippen LogP contribution in [0.1, 0.15) is 31.4 Å². The van der Waals surface area contributed by atoms with Gasteiger partial charge in [0.05, 0.1) is 6.61 Å². The zero-order valence-electron chi connectivity index (χ0n) is 9.03. The van der Waals surface area contributed by atoms with Gasteiger partial charge >= 0.3 is 0 Å². The van der Waals surface area contributed by atoms with Crippen molar-refractivity contribution in [2.75, 3.05) is 19.0 Å². The molecule has 0 saturated heterocycles. The van der Waals surface area contributed by atoms with E-state index in [2.05, 4.69) is 14.9 Å². The number of rotatable bonds is 5. The van der Waals surface area contributed by atoms with Crippen molar-refractivity contribution in [1.29, 1.82) is 0 Å². The minimum Gasteiger partial charge on any atom is -0.377 e. The minimum absolute atomic E-state index is 0.586. The van der Waals surface area contributed by atoms with E-state index < -0.39 is 0 Å². The first-order chi connectivity index (χ1) is 7.40. The molecule has 2 rings (SSSR count). The lowest BCUT2D eigenvalue weighted by Gasteiger charge is -2.08. The fraction of sp³-hybridized carbons (Fsp3) is 0.800. The molecule has 4 nitrogen and oxygen atoms in total. The molecule has 0 atom stereocenters. The molecule has 1 aliphatic carbocycles. The Hall–Kier alpha value is -0.680. The van der Waals surface area contributed by atoms with Crippen molar-refractivity contribution >= 4 is 16.5 Å². The van der Waals surface area contributed by atoms with Gasteiger partial charge in [-0.05, 0) is 18.8 Å². The van der Waals surface area contributed by atoms with Crippen molar-refractivity contribution in [2.24, 2.45) is 5.92 Å². The Kier molecular flexibility index (Phi) is 3.91. The van der Waals surface area contributed by atoms with Crippen LogP contribution in [-0.2, 0) is 11.3 Å². The van der Waals surface area contributed by atoms with Crippen molar-refractivity contribution in [3.8, 4) is 0 Å². The molecular weight excluding hydrogens is 210 g/mol. The van der Waals surface area contributed by atoms with E-state index >= 15 is 0 Å². The molecule has 0 spiro atoms. The Morgan fingerprint density at radius 3 is 3.00 bits per heavy atom. The normalized spacial score (nSPS) is 17.1. The van der Waals surface area contributed by atoms with E-state index in [4.69, 9.17) is 4.74 Å². The second kappa shape index (κ2) is 5.42. The number of hydrogen-bond acceptors (Lipinski definition) is 5. The molecule has 0 radical (unpaired) electrons. The molecule has 1 heterocycles. The van der Waals surface area contributed by atoms with E-state index in [-0.39, 0.29) is 0 Å². The number of nitrogens with one attached hydrogen (secondary N) is 1. The van der Waals surface area contributed by atoms with Crippen LogP contribution in [0.3, 0.4) is 0 Å². The van der Waals surface area contributed by atoms with Gasteiger partial charge in [-0.1, -0.05) is 17.3 Å². The average molecular weight is 227 g/mol. The Morgan fingerprint density at radius 2 is 2.27 bits per heavy atom. The van der Waals surface area contributed by atoms with Crippen molar-refractivity contribution in [3.05, 3.63) is 5.69 Å². The van der Waals surface area contributed by atoms with Crippen LogP contribution in [0.4, 0.5) is 5.00 Å². The molecule has 0 bridgehead atoms. The van der Waals surface area contributed by atoms with Crippen molar-refractivity contribution in [1.82, 2.24) is 9.59 Å². The maximum absolute atomic E-state index is 5.67. The maximum Gasteiger partial charge on any atom is 0.135 e. The molecular formula is C10H17N3OS. The molecule has 1 fully saturated rings. The highest BCUT2D eigenvalue weighted by Gasteiger charge is 2.15. The van der Waals surface area contributed by atoms with Gasteiger partial charge in [0.1, 0.15) is 10.7 Å². The van der Waals surface area contributed by atoms with Crippen LogP contribution in [-0.4, -0.2) is 23.2 Å². The monoisotopic (exact) mass is 227 g/mol. The number of hydrogen-bond donors (Lipinski definition) is 1. The Morgan fingerprint density at radius 1 is 1.47 bits per heavy atom. The lowest BCUT2D eigenvalue weighted by molar-refractivity contribution is 0.0870. The van der Waals surface area contributed by atoms with Crippen LogP contribution in [0.5, 0.6) is 0 Å². The SMILES string of the molecule is CNc1snnc1COCC1CCCC1. The van der Waals surface area contributed by atoms with Crippen molar-refractivity contribution < 1.29 is 4.74 Å². The van der Waals surface area contributed by atoms with Gasteiger partial charge in [-0.2, -0.15) is 0 Å². The van der Waals surface area contributed by atoms with Gasteiger partial charge in [0.25, 0.3) is 0 Å². The van der Waals surface area contributed by atoms with E-state index in [9.17, 15) is 0 Å². The molecule has 15 heavy (non-hydrogen) atoms. The first kappa shape index (κ1) is 10.8. The number of aromatic nitrogens is 2. The summed E-state index contributed by atoms with van der Waals surface area (Å²) < 4.78 is 9.56. The summed E-state index contributed by atoms with van der Waals surface area (Å²) in [5.41, 5.74) is 0.931. The topological polar surface area (TPSA) is 47.0 Å². The summed E-state index contributed by atoms with van der Waals surface area (Å²) >= 11 is 1.38. The minimum atomic E-state index is 0.586. The Bertz CT molecular complexity index is 297. The van der Waals surface area contributed by atoms with Crippen molar-refractivity contribution in [2.45, 2.75) is 32.3 Å². The van der Waals surface area contributed by atoms with Crippen LogP contribution in [0.25, 0.3) is 0 Å². The third-order valence-electron chi connectivity index (χ3n) is 2.85. The van der Waals surface area contributed by atoms with Gasteiger partial charge < -0.3 is 10.1 Å². The average Bonchev–Trinajstić information content (AvgIpc) is 2.88. The molecule has 0 aliphatic heterocycles. The summed E-state index contributed by atoms with van der Waals surface area (Å²) in [5.74, 6) is 0.773. The molecule has 0 aromatic carbocycles. The number of nitrogens with zero attached hydrogens (tertiary/aromatic N) is 2. The summed E-state index contributed by atoms with van der Waals surface area (Å²) in [6.45, 7) is 1.46.